The normalized spacial score (nSPS) is 12.7. The largest absolute Gasteiger partial charge is 0.507 e. The van der Waals surface area contributed by atoms with Crippen molar-refractivity contribution in [2.75, 3.05) is 85.1 Å². The number of halogens is 3. The molecular weight excluding hydrogens is 946 g/mol. The van der Waals surface area contributed by atoms with Gasteiger partial charge in [0.05, 0.1) is 58.4 Å². The molecule has 3 aromatic carbocycles. The van der Waals surface area contributed by atoms with Crippen molar-refractivity contribution in [3.8, 4) is 23.0 Å². The van der Waals surface area contributed by atoms with Gasteiger partial charge in [0, 0.05) is 42.3 Å². The first-order chi connectivity index (χ1) is 29.5. The van der Waals surface area contributed by atoms with Crippen molar-refractivity contribution in [1.29, 1.82) is 0 Å². The Bertz CT molecular complexity index is 1720. The van der Waals surface area contributed by atoms with Crippen molar-refractivity contribution < 1.29 is 62.5 Å². The second-order valence-corrected chi connectivity index (χ2v) is 15.7. The third-order valence-electron chi connectivity index (χ3n) is 8.80. The number of rotatable bonds is 24. The Morgan fingerprint density at radius 3 is 1.72 bits per heavy atom. The van der Waals surface area contributed by atoms with E-state index in [0.717, 1.165) is 57.6 Å². The van der Waals surface area contributed by atoms with E-state index in [-0.39, 0.29) is 23.9 Å². The first-order valence-electron chi connectivity index (χ1n) is 20.4. The highest BCUT2D eigenvalue weighted by Gasteiger charge is 2.54. The number of fused-ring (bicyclic) bond motifs is 6. The third-order valence-corrected chi connectivity index (χ3v) is 10.6. The molecule has 0 radical (unpaired) electrons. The van der Waals surface area contributed by atoms with Crippen LogP contribution in [0.15, 0.2) is 57.5 Å². The summed E-state index contributed by atoms with van der Waals surface area (Å²) in [6.07, 6.45) is 6.15. The Labute approximate surface area is 380 Å². The van der Waals surface area contributed by atoms with E-state index in [1.54, 1.807) is 24.3 Å². The molecule has 0 saturated heterocycles. The number of alkyl halides is 1. The van der Waals surface area contributed by atoms with Crippen molar-refractivity contribution in [1.82, 2.24) is 5.32 Å². The van der Waals surface area contributed by atoms with E-state index in [0.29, 0.717) is 102 Å². The Hall–Kier alpha value is -3.48. The standard InChI is InChI=1S/C21H42ClNO7.C20H10Br2O5.C3H6O/c1-2-3-10-25-14-16-28-17-18-29-19-20-30-21(24)23-9-12-27-15-13-26-11-7-5-4-6-8-22;21-15-13(23)7-5-11-17(15)26-18-12(6-8-14(24)16(18)22)20(11)10-4-2-1-3-9(10)19(25)27-20;1-3(2)4/h2-20H2,1H3,(H,23,24);1-8,23-24H;1-2H3. The average Bonchev–Trinajstić information content (AvgIpc) is 3.53. The van der Waals surface area contributed by atoms with Crippen LogP contribution in [-0.4, -0.2) is 113 Å². The number of carbonyl (C=O) groups excluding carboxylic acids is 3. The lowest BCUT2D eigenvalue weighted by atomic mass is 9.77. The molecule has 17 heteroatoms. The van der Waals surface area contributed by atoms with Crippen molar-refractivity contribution in [2.24, 2.45) is 0 Å². The van der Waals surface area contributed by atoms with Crippen LogP contribution in [0.25, 0.3) is 0 Å². The molecule has 3 aromatic rings. The van der Waals surface area contributed by atoms with E-state index < -0.39 is 17.7 Å². The number of unbranched alkanes of at least 4 members (excludes halogenated alkanes) is 4. The molecule has 2 aliphatic heterocycles. The van der Waals surface area contributed by atoms with Gasteiger partial charge in [0.1, 0.15) is 32.8 Å². The Kier molecular flexibility index (Phi) is 24.7. The van der Waals surface area contributed by atoms with Crippen molar-refractivity contribution >= 4 is 61.3 Å². The van der Waals surface area contributed by atoms with E-state index in [4.69, 9.17) is 49.5 Å². The topological polar surface area (TPSA) is 178 Å². The van der Waals surface area contributed by atoms with Gasteiger partial charge in [0.25, 0.3) is 0 Å². The van der Waals surface area contributed by atoms with Gasteiger partial charge in [-0.1, -0.05) is 44.4 Å². The summed E-state index contributed by atoms with van der Waals surface area (Å²) in [5.41, 5.74) is 1.05. The molecule has 0 bridgehead atoms. The fraction of sp³-hybridized carbons (Fsp3) is 0.523. The van der Waals surface area contributed by atoms with Gasteiger partial charge in [-0.15, -0.1) is 11.6 Å². The smallest absolute Gasteiger partial charge is 0.407 e. The maximum Gasteiger partial charge on any atom is 0.407 e. The van der Waals surface area contributed by atoms with Gasteiger partial charge < -0.3 is 58.2 Å². The Morgan fingerprint density at radius 2 is 1.16 bits per heavy atom. The molecule has 0 unspecified atom stereocenters. The number of hydrogen-bond donors (Lipinski definition) is 3. The minimum Gasteiger partial charge on any atom is -0.507 e. The van der Waals surface area contributed by atoms with Crippen LogP contribution in [-0.2, 0) is 43.6 Å². The van der Waals surface area contributed by atoms with Crippen molar-refractivity contribution in [3.05, 3.63) is 79.7 Å². The minimum atomic E-state index is -1.25. The van der Waals surface area contributed by atoms with Gasteiger partial charge in [-0.2, -0.15) is 0 Å². The summed E-state index contributed by atoms with van der Waals surface area (Å²) in [5.74, 6) is 1.06. The summed E-state index contributed by atoms with van der Waals surface area (Å²) >= 11 is 12.3. The molecule has 3 N–H and O–H groups in total. The van der Waals surface area contributed by atoms with Crippen LogP contribution in [0.3, 0.4) is 0 Å². The SMILES string of the molecule is CC(C)=O.CCCCOCCOCCOCCOC(=O)NCCOCCOCCCCCCCl.O=C1OC2(c3ccccc31)c1ccc(O)c(Br)c1Oc1c2ccc(O)c1Br. The van der Waals surface area contributed by atoms with Crippen LogP contribution in [0.2, 0.25) is 0 Å². The van der Waals surface area contributed by atoms with Gasteiger partial charge in [-0.3, -0.25) is 0 Å². The first-order valence-corrected chi connectivity index (χ1v) is 22.5. The number of phenols is 2. The Balaban J connectivity index is 0.000000299. The summed E-state index contributed by atoms with van der Waals surface area (Å²) in [4.78, 5) is 33.6. The molecule has 0 saturated carbocycles. The summed E-state index contributed by atoms with van der Waals surface area (Å²) in [5, 5.41) is 22.9. The van der Waals surface area contributed by atoms with Crippen molar-refractivity contribution in [2.45, 2.75) is 64.9 Å². The van der Waals surface area contributed by atoms with Gasteiger partial charge >= 0.3 is 12.1 Å². The summed E-state index contributed by atoms with van der Waals surface area (Å²) in [6.45, 7) is 11.3. The van der Waals surface area contributed by atoms with Crippen LogP contribution < -0.4 is 10.1 Å². The second-order valence-electron chi connectivity index (χ2n) is 13.8. The zero-order valence-electron chi connectivity index (χ0n) is 35.1. The molecule has 338 valence electrons. The molecule has 61 heavy (non-hydrogen) atoms. The van der Waals surface area contributed by atoms with E-state index in [1.807, 2.05) is 12.1 Å². The molecule has 1 amide bonds. The van der Waals surface area contributed by atoms with Crippen LogP contribution in [0.5, 0.6) is 23.0 Å². The molecule has 14 nitrogen and oxygen atoms in total. The number of aromatic hydroxyl groups is 2. The predicted molar refractivity (Wildman–Crippen MR) is 237 cm³/mol. The number of amides is 1. The maximum absolute atomic E-state index is 12.7. The van der Waals surface area contributed by atoms with E-state index in [2.05, 4.69) is 44.1 Å². The first kappa shape index (κ1) is 51.9. The molecule has 5 rings (SSSR count). The van der Waals surface area contributed by atoms with E-state index >= 15 is 0 Å². The summed E-state index contributed by atoms with van der Waals surface area (Å²) in [6, 6.07) is 13.5. The van der Waals surface area contributed by atoms with E-state index in [1.165, 1.54) is 26.0 Å². The zero-order valence-corrected chi connectivity index (χ0v) is 39.0. The number of ether oxygens (including phenoxy) is 8. The lowest BCUT2D eigenvalue weighted by Gasteiger charge is -2.37. The monoisotopic (exact) mass is 1000 g/mol. The number of benzene rings is 3. The molecular formula is C44H58Br2ClNO13. The van der Waals surface area contributed by atoms with Gasteiger partial charge in [-0.05, 0) is 95.3 Å². The lowest BCUT2D eigenvalue weighted by Crippen LogP contribution is -2.33. The van der Waals surface area contributed by atoms with Crippen LogP contribution in [0.4, 0.5) is 4.79 Å². The van der Waals surface area contributed by atoms with Crippen LogP contribution in [0.1, 0.15) is 86.3 Å². The molecule has 2 aliphatic rings. The molecule has 0 aliphatic carbocycles. The fourth-order valence-electron chi connectivity index (χ4n) is 5.94. The quantitative estimate of drug-likeness (QED) is 0.0440. The predicted octanol–water partition coefficient (Wildman–Crippen LogP) is 9.18. The molecule has 0 atom stereocenters. The molecule has 1 spiro atoms. The number of carbonyl (C=O) groups is 3. The minimum absolute atomic E-state index is 0.0127. The third kappa shape index (κ3) is 16.6. The number of nitrogens with one attached hydrogen (secondary N) is 1. The number of ketones is 1. The molecule has 2 heterocycles. The number of phenolic OH excluding ortho intramolecular Hbond substituents is 2. The van der Waals surface area contributed by atoms with Gasteiger partial charge in [-0.25, -0.2) is 9.59 Å². The van der Waals surface area contributed by atoms with Gasteiger partial charge in [0.2, 0.25) is 0 Å². The fourth-order valence-corrected chi connectivity index (χ4v) is 6.98. The number of hydrogen-bond acceptors (Lipinski definition) is 13. The summed E-state index contributed by atoms with van der Waals surface area (Å²) < 4.78 is 44.6. The number of esters is 1. The lowest BCUT2D eigenvalue weighted by molar-refractivity contribution is -0.115. The highest BCUT2D eigenvalue weighted by atomic mass is 79.9. The summed E-state index contributed by atoms with van der Waals surface area (Å²) in [7, 11) is 0. The van der Waals surface area contributed by atoms with Gasteiger partial charge in [0.15, 0.2) is 17.1 Å². The number of Topliss-reactive ketones (excluding diaryl/α,β-unsaturated/α-hetero) is 1. The Morgan fingerprint density at radius 1 is 0.672 bits per heavy atom. The maximum atomic E-state index is 12.7. The second kappa shape index (κ2) is 29.0. The highest BCUT2D eigenvalue weighted by molar-refractivity contribution is 9.11. The van der Waals surface area contributed by atoms with Crippen molar-refractivity contribution in [3.63, 3.8) is 0 Å². The van der Waals surface area contributed by atoms with E-state index in [9.17, 15) is 24.6 Å². The highest BCUT2D eigenvalue weighted by Crippen LogP contribution is 2.60. The average molecular weight is 1000 g/mol. The van der Waals surface area contributed by atoms with Crippen LogP contribution in [0, 0.1) is 0 Å². The number of alkyl carbamates (subject to hydrolysis) is 1. The zero-order chi connectivity index (χ0) is 44.5. The molecule has 0 aromatic heterocycles. The van der Waals surface area contributed by atoms with Crippen LogP contribution >= 0.6 is 43.5 Å². The molecule has 0 fully saturated rings.